The number of rotatable bonds is 3. The van der Waals surface area contributed by atoms with Gasteiger partial charge >= 0.3 is 0 Å². The number of amides is 1. The van der Waals surface area contributed by atoms with Crippen LogP contribution < -0.4 is 10.6 Å². The molecule has 0 radical (unpaired) electrons. The number of nitrogens with zero attached hydrogens (tertiary/aromatic N) is 1. The molecule has 0 saturated carbocycles. The summed E-state index contributed by atoms with van der Waals surface area (Å²) in [6, 6.07) is 0.204. The average Bonchev–Trinajstić information content (AvgIpc) is 2.66. The zero-order valence-corrected chi connectivity index (χ0v) is 9.87. The third kappa shape index (κ3) is 3.17. The zero-order valence-electron chi connectivity index (χ0n) is 9.87. The van der Waals surface area contributed by atoms with Gasteiger partial charge in [0.15, 0.2) is 0 Å². The third-order valence-electron chi connectivity index (χ3n) is 3.30. The first kappa shape index (κ1) is 11.8. The number of nitrogens with one attached hydrogen (secondary N) is 2. The maximum Gasteiger partial charge on any atom is 0.234 e. The average molecular weight is 227 g/mol. The highest BCUT2D eigenvalue weighted by Crippen LogP contribution is 2.12. The van der Waals surface area contributed by atoms with Crippen molar-refractivity contribution in [3.63, 3.8) is 0 Å². The lowest BCUT2D eigenvalue weighted by atomic mass is 10.1. The second-order valence-electron chi connectivity index (χ2n) is 4.56. The van der Waals surface area contributed by atoms with Crippen molar-refractivity contribution in [3.05, 3.63) is 0 Å². The first-order chi connectivity index (χ1) is 7.75. The number of hydrogen-bond donors (Lipinski definition) is 2. The van der Waals surface area contributed by atoms with Crippen molar-refractivity contribution in [2.45, 2.75) is 25.5 Å². The van der Waals surface area contributed by atoms with Crippen LogP contribution in [0.5, 0.6) is 0 Å². The lowest BCUT2D eigenvalue weighted by Crippen LogP contribution is -2.49. The van der Waals surface area contributed by atoms with E-state index in [1.54, 1.807) is 0 Å². The Kier molecular flexibility index (Phi) is 4.15. The van der Waals surface area contributed by atoms with Crippen LogP contribution in [0.1, 0.15) is 13.3 Å². The first-order valence-electron chi connectivity index (χ1n) is 6.10. The Morgan fingerprint density at radius 1 is 1.50 bits per heavy atom. The van der Waals surface area contributed by atoms with Crippen molar-refractivity contribution in [2.75, 3.05) is 39.3 Å². The quantitative estimate of drug-likeness (QED) is 0.662. The molecular weight excluding hydrogens is 206 g/mol. The first-order valence-corrected chi connectivity index (χ1v) is 6.10. The molecule has 2 unspecified atom stereocenters. The maximum atomic E-state index is 11.8. The summed E-state index contributed by atoms with van der Waals surface area (Å²) in [5.74, 6) is 0.129. The van der Waals surface area contributed by atoms with E-state index in [1.807, 2.05) is 6.92 Å². The second kappa shape index (κ2) is 5.61. The van der Waals surface area contributed by atoms with Crippen LogP contribution in [0.3, 0.4) is 0 Å². The van der Waals surface area contributed by atoms with Gasteiger partial charge in [-0.3, -0.25) is 9.69 Å². The van der Waals surface area contributed by atoms with E-state index < -0.39 is 0 Å². The third-order valence-corrected chi connectivity index (χ3v) is 3.30. The summed E-state index contributed by atoms with van der Waals surface area (Å²) in [5, 5.41) is 6.32. The fraction of sp³-hybridized carbons (Fsp3) is 0.909. The van der Waals surface area contributed by atoms with Gasteiger partial charge in [0, 0.05) is 32.8 Å². The molecule has 2 saturated heterocycles. The zero-order chi connectivity index (χ0) is 11.4. The predicted molar refractivity (Wildman–Crippen MR) is 61.3 cm³/mol. The van der Waals surface area contributed by atoms with E-state index in [2.05, 4.69) is 15.5 Å². The Balaban J connectivity index is 1.70. The highest BCUT2D eigenvalue weighted by molar-refractivity contribution is 5.78. The van der Waals surface area contributed by atoms with Crippen LogP contribution in [0.2, 0.25) is 0 Å². The molecule has 0 aromatic carbocycles. The van der Waals surface area contributed by atoms with Gasteiger partial charge in [0.25, 0.3) is 0 Å². The molecule has 2 fully saturated rings. The van der Waals surface area contributed by atoms with Crippen LogP contribution in [-0.2, 0) is 9.53 Å². The van der Waals surface area contributed by atoms with Gasteiger partial charge in [-0.2, -0.15) is 0 Å². The van der Waals surface area contributed by atoms with E-state index in [4.69, 9.17) is 4.74 Å². The Morgan fingerprint density at radius 3 is 2.88 bits per heavy atom. The molecule has 0 spiro atoms. The van der Waals surface area contributed by atoms with E-state index in [9.17, 15) is 4.79 Å². The van der Waals surface area contributed by atoms with Gasteiger partial charge in [-0.25, -0.2) is 0 Å². The van der Waals surface area contributed by atoms with Crippen molar-refractivity contribution >= 4 is 5.91 Å². The molecule has 1 amide bonds. The van der Waals surface area contributed by atoms with Crippen molar-refractivity contribution < 1.29 is 9.53 Å². The van der Waals surface area contributed by atoms with Crippen molar-refractivity contribution in [1.82, 2.24) is 15.5 Å². The number of carbonyl (C=O) groups is 1. The SMILES string of the molecule is CC1OCCC1NC(=O)CN1CCNCC1. The number of piperazine rings is 1. The van der Waals surface area contributed by atoms with Gasteiger partial charge in [-0.1, -0.05) is 0 Å². The fourth-order valence-corrected chi connectivity index (χ4v) is 2.25. The number of ether oxygens (including phenoxy) is 1. The lowest BCUT2D eigenvalue weighted by Gasteiger charge is -2.27. The molecule has 16 heavy (non-hydrogen) atoms. The Hall–Kier alpha value is -0.650. The second-order valence-corrected chi connectivity index (χ2v) is 4.56. The van der Waals surface area contributed by atoms with Crippen LogP contribution in [0.4, 0.5) is 0 Å². The van der Waals surface area contributed by atoms with Gasteiger partial charge in [-0.15, -0.1) is 0 Å². The normalized spacial score (nSPS) is 31.6. The van der Waals surface area contributed by atoms with Crippen LogP contribution in [0, 0.1) is 0 Å². The van der Waals surface area contributed by atoms with E-state index in [0.717, 1.165) is 39.2 Å². The standard InChI is InChI=1S/C11H21N3O2/c1-9-10(2-7-16-9)13-11(15)8-14-5-3-12-4-6-14/h9-10,12H,2-8H2,1H3,(H,13,15). The molecule has 2 heterocycles. The van der Waals surface area contributed by atoms with E-state index in [0.29, 0.717) is 6.54 Å². The molecule has 92 valence electrons. The maximum absolute atomic E-state index is 11.8. The van der Waals surface area contributed by atoms with Gasteiger partial charge in [0.2, 0.25) is 5.91 Å². The Bertz CT molecular complexity index is 241. The highest BCUT2D eigenvalue weighted by atomic mass is 16.5. The molecule has 0 aliphatic carbocycles. The molecule has 2 aliphatic heterocycles. The minimum atomic E-state index is 0.129. The summed E-state index contributed by atoms with van der Waals surface area (Å²) in [6.45, 7) is 7.19. The Labute approximate surface area is 96.5 Å². The highest BCUT2D eigenvalue weighted by Gasteiger charge is 2.26. The van der Waals surface area contributed by atoms with Crippen LogP contribution in [-0.4, -0.2) is 62.3 Å². The molecule has 0 aromatic heterocycles. The Morgan fingerprint density at radius 2 is 2.25 bits per heavy atom. The fourth-order valence-electron chi connectivity index (χ4n) is 2.25. The summed E-state index contributed by atoms with van der Waals surface area (Å²) in [4.78, 5) is 14.0. The lowest BCUT2D eigenvalue weighted by molar-refractivity contribution is -0.123. The molecule has 2 N–H and O–H groups in total. The topological polar surface area (TPSA) is 53.6 Å². The molecule has 2 aliphatic rings. The summed E-state index contributed by atoms with van der Waals surface area (Å²) in [6.07, 6.45) is 1.10. The van der Waals surface area contributed by atoms with E-state index in [-0.39, 0.29) is 18.1 Å². The molecule has 0 aromatic rings. The van der Waals surface area contributed by atoms with Crippen LogP contribution in [0.25, 0.3) is 0 Å². The van der Waals surface area contributed by atoms with Crippen molar-refractivity contribution in [2.24, 2.45) is 0 Å². The van der Waals surface area contributed by atoms with Crippen LogP contribution in [0.15, 0.2) is 0 Å². The predicted octanol–water partition coefficient (Wildman–Crippen LogP) is -0.815. The molecule has 5 heteroatoms. The summed E-state index contributed by atoms with van der Waals surface area (Å²) >= 11 is 0. The summed E-state index contributed by atoms with van der Waals surface area (Å²) < 4.78 is 5.42. The van der Waals surface area contributed by atoms with Gasteiger partial charge in [0.05, 0.1) is 18.7 Å². The van der Waals surface area contributed by atoms with Gasteiger partial charge in [0.1, 0.15) is 0 Å². The van der Waals surface area contributed by atoms with E-state index in [1.165, 1.54) is 0 Å². The van der Waals surface area contributed by atoms with Crippen molar-refractivity contribution in [3.8, 4) is 0 Å². The number of hydrogen-bond acceptors (Lipinski definition) is 4. The smallest absolute Gasteiger partial charge is 0.234 e. The minimum Gasteiger partial charge on any atom is -0.376 e. The molecule has 0 bridgehead atoms. The molecule has 5 nitrogen and oxygen atoms in total. The van der Waals surface area contributed by atoms with Crippen LogP contribution >= 0.6 is 0 Å². The molecule has 2 atom stereocenters. The van der Waals surface area contributed by atoms with E-state index >= 15 is 0 Å². The van der Waals surface area contributed by atoms with Gasteiger partial charge < -0.3 is 15.4 Å². The molecular formula is C11H21N3O2. The monoisotopic (exact) mass is 227 g/mol. The van der Waals surface area contributed by atoms with Crippen molar-refractivity contribution in [1.29, 1.82) is 0 Å². The number of carbonyl (C=O) groups excluding carboxylic acids is 1. The van der Waals surface area contributed by atoms with Gasteiger partial charge in [-0.05, 0) is 13.3 Å². The summed E-state index contributed by atoms with van der Waals surface area (Å²) in [5.41, 5.74) is 0. The minimum absolute atomic E-state index is 0.129. The molecule has 2 rings (SSSR count). The summed E-state index contributed by atoms with van der Waals surface area (Å²) in [7, 11) is 0. The largest absolute Gasteiger partial charge is 0.376 e.